The number of rotatable bonds is 24. The maximum absolute atomic E-state index is 14.7. The van der Waals surface area contributed by atoms with Gasteiger partial charge in [-0.2, -0.15) is 0 Å². The smallest absolute Gasteiger partial charge is 0.410 e. The van der Waals surface area contributed by atoms with Gasteiger partial charge in [0.25, 0.3) is 0 Å². The number of ether oxygens (including phenoxy) is 3. The molecule has 4 rings (SSSR count). The summed E-state index contributed by atoms with van der Waals surface area (Å²) in [5.41, 5.74) is 0.696. The molecule has 1 saturated carbocycles. The quantitative estimate of drug-likeness (QED) is 0.0883. The van der Waals surface area contributed by atoms with E-state index in [1.165, 1.54) is 4.90 Å². The zero-order valence-electron chi connectivity index (χ0n) is 42.5. The number of hydrogen-bond acceptors (Lipinski definition) is 12. The van der Waals surface area contributed by atoms with E-state index in [0.29, 0.717) is 30.2 Å². The van der Waals surface area contributed by atoms with Gasteiger partial charge in [0, 0.05) is 46.3 Å². The number of nitrogens with one attached hydrogen (secondary N) is 2. The SMILES string of the molecule is CC[C@H](C)[C@@H]([C@@H](CC(=O)N1CCC[C@H]1[C@H](OC)[C@@H](C)C(=O)N[C@H](C)[C@@H](O)c1ccccc1)OC)N(C)C(=O)[C@@H](NC(=O)[C@H](C(C)C)N(C)C(=O)O[C@H]1CC[C@H](SSc2ccccn2)CC1)C(C)C. The lowest BCUT2D eigenvalue weighted by Crippen LogP contribution is -2.60. The fourth-order valence-corrected chi connectivity index (χ4v) is 12.2. The molecule has 0 spiro atoms. The van der Waals surface area contributed by atoms with Crippen LogP contribution in [-0.4, -0.2) is 143 Å². The molecule has 10 atom stereocenters. The van der Waals surface area contributed by atoms with E-state index < -0.39 is 60.4 Å². The van der Waals surface area contributed by atoms with Crippen molar-refractivity contribution in [2.45, 2.75) is 172 Å². The molecule has 380 valence electrons. The molecule has 2 aliphatic rings. The molecular weight excluding hydrogens is 905 g/mol. The third-order valence-corrected chi connectivity index (χ3v) is 16.7. The molecule has 2 fully saturated rings. The van der Waals surface area contributed by atoms with Crippen LogP contribution >= 0.6 is 21.6 Å². The van der Waals surface area contributed by atoms with Gasteiger partial charge in [-0.3, -0.25) is 24.1 Å². The number of carbonyl (C=O) groups excluding carboxylic acids is 5. The summed E-state index contributed by atoms with van der Waals surface area (Å²) in [7, 11) is 9.81. The Morgan fingerprint density at radius 1 is 0.838 bits per heavy atom. The maximum Gasteiger partial charge on any atom is 0.410 e. The summed E-state index contributed by atoms with van der Waals surface area (Å²) in [6.45, 7) is 15.5. The number of benzene rings is 1. The normalized spacial score (nSPS) is 21.4. The average Bonchev–Trinajstić information content (AvgIpc) is 3.82. The van der Waals surface area contributed by atoms with Gasteiger partial charge >= 0.3 is 6.09 Å². The van der Waals surface area contributed by atoms with Crippen molar-refractivity contribution >= 4 is 51.3 Å². The molecule has 5 amide bonds. The predicted molar refractivity (Wildman–Crippen MR) is 268 cm³/mol. The van der Waals surface area contributed by atoms with E-state index in [4.69, 9.17) is 14.2 Å². The summed E-state index contributed by atoms with van der Waals surface area (Å²) < 4.78 is 18.0. The third kappa shape index (κ3) is 15.3. The second-order valence-electron chi connectivity index (χ2n) is 19.4. The zero-order chi connectivity index (χ0) is 50.2. The minimum Gasteiger partial charge on any atom is -0.446 e. The predicted octanol–water partition coefficient (Wildman–Crippen LogP) is 7.53. The number of aliphatic hydroxyl groups excluding tert-OH is 1. The Morgan fingerprint density at radius 3 is 2.07 bits per heavy atom. The van der Waals surface area contributed by atoms with Crippen molar-refractivity contribution < 1.29 is 43.3 Å². The Hall–Kier alpha value is -3.90. The Bertz CT molecular complexity index is 1890. The molecule has 1 aliphatic carbocycles. The standard InChI is InChI=1S/C51H80N6O9S2/c1-13-33(6)45(40(64-11)30-42(58)57-29-19-22-39(57)47(65-12)34(7)48(60)53-35(8)46(59)36-20-15-14-16-21-36)55(9)50(62)43(31(2)3)54-49(61)44(32(4)5)56(10)51(63)66-37-24-26-38(27-25-37)67-68-41-23-17-18-28-52-41/h14-18,20-21,23,28,31-35,37-40,43-47,59H,13,19,22,24-27,29-30H2,1-12H3,(H,53,60)(H,54,61)/t33-,34+,35+,37-,38-,39-,40+,43-,44-,45-,46+,47+/m0/s1. The Morgan fingerprint density at radius 2 is 1.50 bits per heavy atom. The highest BCUT2D eigenvalue weighted by molar-refractivity contribution is 8.76. The number of carbonyl (C=O) groups is 5. The van der Waals surface area contributed by atoms with Crippen LogP contribution in [0.3, 0.4) is 0 Å². The Balaban J connectivity index is 1.40. The second-order valence-corrected chi connectivity index (χ2v) is 21.9. The van der Waals surface area contributed by atoms with E-state index in [9.17, 15) is 29.1 Å². The summed E-state index contributed by atoms with van der Waals surface area (Å²) in [6.07, 6.45) is 4.03. The number of hydrogen-bond donors (Lipinski definition) is 3. The summed E-state index contributed by atoms with van der Waals surface area (Å²) in [5, 5.41) is 18.3. The van der Waals surface area contributed by atoms with Crippen LogP contribution < -0.4 is 10.6 Å². The van der Waals surface area contributed by atoms with Gasteiger partial charge in [-0.15, -0.1) is 0 Å². The van der Waals surface area contributed by atoms with E-state index in [2.05, 4.69) is 15.6 Å². The fraction of sp³-hybridized carbons (Fsp3) is 0.686. The van der Waals surface area contributed by atoms with E-state index in [0.717, 1.165) is 37.1 Å². The molecule has 15 nitrogen and oxygen atoms in total. The number of aromatic nitrogens is 1. The number of amides is 5. The Kier molecular flexibility index (Phi) is 22.9. The van der Waals surface area contributed by atoms with Gasteiger partial charge in [-0.25, -0.2) is 9.78 Å². The van der Waals surface area contributed by atoms with Crippen molar-refractivity contribution in [2.75, 3.05) is 34.9 Å². The van der Waals surface area contributed by atoms with Gasteiger partial charge in [0.15, 0.2) is 0 Å². The summed E-state index contributed by atoms with van der Waals surface area (Å²) in [5.74, 6) is -2.59. The van der Waals surface area contributed by atoms with Gasteiger partial charge in [-0.1, -0.05) is 102 Å². The first-order valence-corrected chi connectivity index (χ1v) is 26.7. The zero-order valence-corrected chi connectivity index (χ0v) is 44.1. The van der Waals surface area contributed by atoms with Crippen molar-refractivity contribution in [3.8, 4) is 0 Å². The van der Waals surface area contributed by atoms with E-state index in [1.54, 1.807) is 79.7 Å². The fourth-order valence-electron chi connectivity index (χ4n) is 9.68. The van der Waals surface area contributed by atoms with Gasteiger partial charge < -0.3 is 39.8 Å². The van der Waals surface area contributed by atoms with Crippen LogP contribution in [0.4, 0.5) is 4.79 Å². The van der Waals surface area contributed by atoms with Gasteiger partial charge in [0.05, 0.1) is 48.8 Å². The molecule has 1 saturated heterocycles. The number of likely N-dealkylation sites (N-methyl/N-ethyl adjacent to an activating group) is 2. The molecule has 3 N–H and O–H groups in total. The monoisotopic (exact) mass is 985 g/mol. The number of aliphatic hydroxyl groups is 1. The lowest BCUT2D eigenvalue weighted by atomic mass is 9.89. The molecule has 0 unspecified atom stereocenters. The minimum absolute atomic E-state index is 0.0252. The van der Waals surface area contributed by atoms with Crippen molar-refractivity contribution in [2.24, 2.45) is 23.7 Å². The maximum atomic E-state index is 14.7. The van der Waals surface area contributed by atoms with Gasteiger partial charge in [0.2, 0.25) is 23.6 Å². The average molecular weight is 985 g/mol. The Labute approximate surface area is 413 Å². The lowest BCUT2D eigenvalue weighted by molar-refractivity contribution is -0.148. The molecule has 0 bridgehead atoms. The third-order valence-electron chi connectivity index (χ3n) is 13.9. The van der Waals surface area contributed by atoms with Crippen molar-refractivity contribution in [3.63, 3.8) is 0 Å². The minimum atomic E-state index is -0.941. The van der Waals surface area contributed by atoms with Crippen molar-refractivity contribution in [1.82, 2.24) is 30.3 Å². The first-order valence-electron chi connectivity index (χ1n) is 24.5. The van der Waals surface area contributed by atoms with E-state index in [1.807, 2.05) is 90.1 Å². The first kappa shape index (κ1) is 56.7. The lowest BCUT2D eigenvalue weighted by Gasteiger charge is -2.41. The number of methoxy groups -OCH3 is 2. The molecule has 1 aromatic heterocycles. The largest absolute Gasteiger partial charge is 0.446 e. The van der Waals surface area contributed by atoms with Crippen molar-refractivity contribution in [3.05, 3.63) is 60.3 Å². The number of likely N-dealkylation sites (tertiary alicyclic amines) is 1. The van der Waals surface area contributed by atoms with Crippen LogP contribution in [0.1, 0.15) is 118 Å². The van der Waals surface area contributed by atoms with Crippen LogP contribution in [0.5, 0.6) is 0 Å². The topological polar surface area (TPSA) is 180 Å². The molecule has 0 radical (unpaired) electrons. The van der Waals surface area contributed by atoms with Crippen LogP contribution in [-0.2, 0) is 33.4 Å². The van der Waals surface area contributed by atoms with E-state index >= 15 is 0 Å². The first-order chi connectivity index (χ1) is 32.3. The highest BCUT2D eigenvalue weighted by Crippen LogP contribution is 2.40. The molecule has 2 heterocycles. The van der Waals surface area contributed by atoms with Gasteiger partial charge in [0.1, 0.15) is 23.2 Å². The van der Waals surface area contributed by atoms with Crippen LogP contribution in [0.25, 0.3) is 0 Å². The highest BCUT2D eigenvalue weighted by atomic mass is 33.1. The molecule has 1 aromatic carbocycles. The van der Waals surface area contributed by atoms with Crippen LogP contribution in [0, 0.1) is 23.7 Å². The summed E-state index contributed by atoms with van der Waals surface area (Å²) in [6, 6.07) is 11.7. The van der Waals surface area contributed by atoms with Crippen LogP contribution in [0.2, 0.25) is 0 Å². The number of pyridine rings is 1. The second kappa shape index (κ2) is 27.5. The molecular formula is C51H80N6O9S2. The van der Waals surface area contributed by atoms with Crippen LogP contribution in [0.15, 0.2) is 59.8 Å². The molecule has 17 heteroatoms. The van der Waals surface area contributed by atoms with Gasteiger partial charge in [-0.05, 0) is 91.7 Å². The van der Waals surface area contributed by atoms with Crippen molar-refractivity contribution in [1.29, 1.82) is 0 Å². The molecule has 68 heavy (non-hydrogen) atoms. The summed E-state index contributed by atoms with van der Waals surface area (Å²) >= 11 is 0. The van der Waals surface area contributed by atoms with E-state index in [-0.39, 0.29) is 54.0 Å². The highest BCUT2D eigenvalue weighted by Gasteiger charge is 2.44. The molecule has 2 aromatic rings. The summed E-state index contributed by atoms with van der Waals surface area (Å²) in [4.78, 5) is 79.6. The molecule has 1 aliphatic heterocycles. The number of nitrogens with zero attached hydrogens (tertiary/aromatic N) is 4.